The Kier molecular flexibility index (Phi) is 7.08. The number of benzene rings is 2. The van der Waals surface area contributed by atoms with Gasteiger partial charge in [-0.2, -0.15) is 0 Å². The lowest BCUT2D eigenvalue weighted by molar-refractivity contribution is -0.133. The van der Waals surface area contributed by atoms with Gasteiger partial charge in [0.2, 0.25) is 11.8 Å². The summed E-state index contributed by atoms with van der Waals surface area (Å²) in [6.07, 6.45) is 3.67. The minimum absolute atomic E-state index is 0.0342. The number of hydrogen-bond donors (Lipinski definition) is 1. The zero-order valence-electron chi connectivity index (χ0n) is 17.8. The molecule has 0 unspecified atom stereocenters. The molecule has 0 saturated carbocycles. The third-order valence-corrected chi connectivity index (χ3v) is 5.94. The molecule has 0 aliphatic carbocycles. The molecule has 1 fully saturated rings. The van der Waals surface area contributed by atoms with Crippen molar-refractivity contribution in [2.45, 2.75) is 52.9 Å². The monoisotopic (exact) mass is 392 g/mol. The Morgan fingerprint density at radius 3 is 2.10 bits per heavy atom. The van der Waals surface area contributed by atoms with Crippen LogP contribution in [0.3, 0.4) is 0 Å². The van der Waals surface area contributed by atoms with Gasteiger partial charge in [-0.1, -0.05) is 61.9 Å². The smallest absolute Gasteiger partial charge is 0.227 e. The number of hydrogen-bond acceptors (Lipinski definition) is 2. The Morgan fingerprint density at radius 2 is 1.55 bits per heavy atom. The first-order valence-electron chi connectivity index (χ1n) is 10.8. The topological polar surface area (TPSA) is 49.4 Å². The molecule has 1 N–H and O–H groups in total. The van der Waals surface area contributed by atoms with Crippen molar-refractivity contribution in [3.05, 3.63) is 64.7 Å². The van der Waals surface area contributed by atoms with Gasteiger partial charge in [-0.25, -0.2) is 0 Å². The number of likely N-dealkylation sites (tertiary alicyclic amines) is 1. The highest BCUT2D eigenvalue weighted by molar-refractivity contribution is 5.94. The molecule has 4 nitrogen and oxygen atoms in total. The largest absolute Gasteiger partial charge is 0.342 e. The predicted molar refractivity (Wildman–Crippen MR) is 118 cm³/mol. The number of anilines is 1. The molecule has 1 aliphatic rings. The zero-order chi connectivity index (χ0) is 20.8. The first kappa shape index (κ1) is 21.1. The number of amides is 2. The maximum Gasteiger partial charge on any atom is 0.227 e. The second-order valence-corrected chi connectivity index (χ2v) is 7.97. The molecular formula is C25H32N2O2. The average molecular weight is 393 g/mol. The second-order valence-electron chi connectivity index (χ2n) is 7.97. The van der Waals surface area contributed by atoms with E-state index < -0.39 is 0 Å². The number of carbonyl (C=O) groups is 2. The molecule has 1 heterocycles. The van der Waals surface area contributed by atoms with Crippen molar-refractivity contribution in [2.24, 2.45) is 5.92 Å². The number of aryl methyl sites for hydroxylation is 3. The first-order chi connectivity index (χ1) is 14.0. The number of nitrogens with one attached hydrogen (secondary N) is 1. The van der Waals surface area contributed by atoms with E-state index in [0.29, 0.717) is 19.5 Å². The average Bonchev–Trinajstić information content (AvgIpc) is 2.75. The Hall–Kier alpha value is -2.62. The van der Waals surface area contributed by atoms with Gasteiger partial charge in [0, 0.05) is 24.7 Å². The van der Waals surface area contributed by atoms with E-state index in [-0.39, 0.29) is 17.7 Å². The molecule has 0 radical (unpaired) electrons. The number of para-hydroxylation sites is 1. The third-order valence-electron chi connectivity index (χ3n) is 5.94. The van der Waals surface area contributed by atoms with Crippen LogP contribution >= 0.6 is 0 Å². The van der Waals surface area contributed by atoms with Crippen molar-refractivity contribution in [2.75, 3.05) is 18.4 Å². The van der Waals surface area contributed by atoms with E-state index in [9.17, 15) is 9.59 Å². The van der Waals surface area contributed by atoms with Crippen LogP contribution < -0.4 is 5.32 Å². The quantitative estimate of drug-likeness (QED) is 0.785. The molecule has 2 aromatic carbocycles. The maximum absolute atomic E-state index is 12.9. The van der Waals surface area contributed by atoms with Crippen molar-refractivity contribution < 1.29 is 9.59 Å². The minimum atomic E-state index is -0.0342. The Bertz CT molecular complexity index is 827. The normalized spacial score (nSPS) is 14.7. The highest BCUT2D eigenvalue weighted by Crippen LogP contribution is 2.25. The zero-order valence-corrected chi connectivity index (χ0v) is 17.8. The fourth-order valence-corrected chi connectivity index (χ4v) is 4.01. The van der Waals surface area contributed by atoms with Crippen LogP contribution in [0.25, 0.3) is 0 Å². The van der Waals surface area contributed by atoms with Gasteiger partial charge in [0.1, 0.15) is 0 Å². The Labute approximate surface area is 174 Å². The molecule has 0 atom stereocenters. The van der Waals surface area contributed by atoms with E-state index in [1.165, 1.54) is 16.7 Å². The van der Waals surface area contributed by atoms with Crippen LogP contribution in [-0.2, 0) is 28.9 Å². The predicted octanol–water partition coefficient (Wildman–Crippen LogP) is 4.54. The van der Waals surface area contributed by atoms with Crippen molar-refractivity contribution >= 4 is 17.5 Å². The van der Waals surface area contributed by atoms with Crippen LogP contribution in [0.4, 0.5) is 5.69 Å². The highest BCUT2D eigenvalue weighted by atomic mass is 16.2. The van der Waals surface area contributed by atoms with E-state index in [1.54, 1.807) is 0 Å². The molecule has 2 amide bonds. The van der Waals surface area contributed by atoms with Crippen molar-refractivity contribution in [1.29, 1.82) is 0 Å². The SMILES string of the molecule is CCc1cccc(CC)c1NC(=O)C1CCN(C(=O)Cc2ccc(C)cc2)CC1. The standard InChI is InChI=1S/C25H32N2O2/c1-4-20-7-6-8-21(5-2)24(20)26-25(29)22-13-15-27(16-14-22)23(28)17-19-11-9-18(3)10-12-19/h6-12,22H,4-5,13-17H2,1-3H3,(H,26,29). The Balaban J connectivity index is 1.56. The summed E-state index contributed by atoms with van der Waals surface area (Å²) in [6.45, 7) is 7.58. The molecule has 4 heteroatoms. The lowest BCUT2D eigenvalue weighted by Gasteiger charge is -2.31. The lowest BCUT2D eigenvalue weighted by atomic mass is 9.94. The number of nitrogens with zero attached hydrogens (tertiary/aromatic N) is 1. The van der Waals surface area contributed by atoms with Crippen LogP contribution in [0, 0.1) is 12.8 Å². The van der Waals surface area contributed by atoms with Crippen LogP contribution in [-0.4, -0.2) is 29.8 Å². The molecule has 0 spiro atoms. The molecular weight excluding hydrogens is 360 g/mol. The third kappa shape index (κ3) is 5.26. The summed E-state index contributed by atoms with van der Waals surface area (Å²) in [5.74, 6) is 0.205. The van der Waals surface area contributed by atoms with E-state index >= 15 is 0 Å². The van der Waals surface area contributed by atoms with Gasteiger partial charge in [-0.05, 0) is 49.3 Å². The fourth-order valence-electron chi connectivity index (χ4n) is 4.01. The van der Waals surface area contributed by atoms with E-state index in [4.69, 9.17) is 0 Å². The maximum atomic E-state index is 12.9. The second kappa shape index (κ2) is 9.73. The molecule has 1 saturated heterocycles. The summed E-state index contributed by atoms with van der Waals surface area (Å²) in [5, 5.41) is 3.20. The van der Waals surface area contributed by atoms with Crippen molar-refractivity contribution in [3.8, 4) is 0 Å². The van der Waals surface area contributed by atoms with Gasteiger partial charge < -0.3 is 10.2 Å². The number of piperidine rings is 1. The van der Waals surface area contributed by atoms with Crippen LogP contribution in [0.5, 0.6) is 0 Å². The van der Waals surface area contributed by atoms with Crippen molar-refractivity contribution in [3.63, 3.8) is 0 Å². The van der Waals surface area contributed by atoms with Gasteiger partial charge >= 0.3 is 0 Å². The fraction of sp³-hybridized carbons (Fsp3) is 0.440. The highest BCUT2D eigenvalue weighted by Gasteiger charge is 2.28. The summed E-state index contributed by atoms with van der Waals surface area (Å²) < 4.78 is 0. The molecule has 0 aromatic heterocycles. The number of carbonyl (C=O) groups excluding carboxylic acids is 2. The van der Waals surface area contributed by atoms with Crippen LogP contribution in [0.1, 0.15) is 48.9 Å². The van der Waals surface area contributed by atoms with E-state index in [2.05, 4.69) is 37.4 Å². The molecule has 3 rings (SSSR count). The van der Waals surface area contributed by atoms with Crippen molar-refractivity contribution in [1.82, 2.24) is 4.90 Å². The van der Waals surface area contributed by atoms with Gasteiger partial charge in [-0.15, -0.1) is 0 Å². The summed E-state index contributed by atoms with van der Waals surface area (Å²) in [7, 11) is 0. The summed E-state index contributed by atoms with van der Waals surface area (Å²) >= 11 is 0. The summed E-state index contributed by atoms with van der Waals surface area (Å²) in [4.78, 5) is 27.4. The molecule has 29 heavy (non-hydrogen) atoms. The molecule has 2 aromatic rings. The molecule has 154 valence electrons. The summed E-state index contributed by atoms with van der Waals surface area (Å²) in [6, 6.07) is 14.3. The molecule has 0 bridgehead atoms. The van der Waals surface area contributed by atoms with Gasteiger partial charge in [0.25, 0.3) is 0 Å². The number of rotatable bonds is 6. The van der Waals surface area contributed by atoms with Gasteiger partial charge in [-0.3, -0.25) is 9.59 Å². The van der Waals surface area contributed by atoms with Gasteiger partial charge in [0.15, 0.2) is 0 Å². The van der Waals surface area contributed by atoms with Gasteiger partial charge in [0.05, 0.1) is 6.42 Å². The minimum Gasteiger partial charge on any atom is -0.342 e. The molecule has 1 aliphatic heterocycles. The van der Waals surface area contributed by atoms with Crippen LogP contribution in [0.2, 0.25) is 0 Å². The van der Waals surface area contributed by atoms with E-state index in [1.807, 2.05) is 36.1 Å². The van der Waals surface area contributed by atoms with E-state index in [0.717, 1.165) is 36.9 Å². The first-order valence-corrected chi connectivity index (χ1v) is 10.8. The Morgan fingerprint density at radius 1 is 0.966 bits per heavy atom. The lowest BCUT2D eigenvalue weighted by Crippen LogP contribution is -2.42. The summed E-state index contributed by atoms with van der Waals surface area (Å²) in [5.41, 5.74) is 5.60. The van der Waals surface area contributed by atoms with Crippen LogP contribution in [0.15, 0.2) is 42.5 Å².